The van der Waals surface area contributed by atoms with Crippen LogP contribution in [-0.4, -0.2) is 30.9 Å². The van der Waals surface area contributed by atoms with Gasteiger partial charge in [0, 0.05) is 24.4 Å². The lowest BCUT2D eigenvalue weighted by Crippen LogP contribution is -1.99. The molecule has 0 saturated heterocycles. The molecule has 2 heterocycles. The van der Waals surface area contributed by atoms with E-state index >= 15 is 0 Å². The molecular weight excluding hydrogens is 258 g/mol. The van der Waals surface area contributed by atoms with Crippen molar-refractivity contribution in [2.24, 2.45) is 0 Å². The van der Waals surface area contributed by atoms with Crippen molar-refractivity contribution in [1.29, 1.82) is 0 Å². The monoisotopic (exact) mass is 273 g/mol. The summed E-state index contributed by atoms with van der Waals surface area (Å²) in [6.07, 6.45) is 0. The molecule has 1 aliphatic heterocycles. The molecule has 0 spiro atoms. The van der Waals surface area contributed by atoms with Crippen molar-refractivity contribution >= 4 is 5.82 Å². The molecule has 0 aliphatic carbocycles. The Kier molecular flexibility index (Phi) is 3.06. The topological polar surface area (TPSA) is 65.5 Å². The highest BCUT2D eigenvalue weighted by atomic mass is 16.7. The van der Waals surface area contributed by atoms with Crippen molar-refractivity contribution < 1.29 is 14.2 Å². The van der Waals surface area contributed by atoms with Gasteiger partial charge >= 0.3 is 0 Å². The molecule has 6 heteroatoms. The summed E-state index contributed by atoms with van der Waals surface area (Å²) in [4.78, 5) is 8.90. The van der Waals surface area contributed by atoms with Gasteiger partial charge in [-0.05, 0) is 19.1 Å². The minimum absolute atomic E-state index is 0.200. The van der Waals surface area contributed by atoms with E-state index in [4.69, 9.17) is 14.2 Å². The summed E-state index contributed by atoms with van der Waals surface area (Å²) in [5, 5.41) is 3.02. The average molecular weight is 273 g/mol. The van der Waals surface area contributed by atoms with Crippen LogP contribution in [0.3, 0.4) is 0 Å². The highest BCUT2D eigenvalue weighted by molar-refractivity contribution is 5.68. The van der Waals surface area contributed by atoms with Crippen LogP contribution in [0.1, 0.15) is 5.69 Å². The SMILES string of the molecule is CNc1cc(C)nc(-c2cc(OC)c3c(c2)OCO3)n1. The van der Waals surface area contributed by atoms with E-state index in [-0.39, 0.29) is 6.79 Å². The minimum atomic E-state index is 0.200. The van der Waals surface area contributed by atoms with Gasteiger partial charge in [0.25, 0.3) is 0 Å². The molecule has 1 aromatic heterocycles. The molecule has 1 aliphatic rings. The zero-order valence-electron chi connectivity index (χ0n) is 11.6. The molecule has 0 radical (unpaired) electrons. The van der Waals surface area contributed by atoms with Crippen molar-refractivity contribution in [2.75, 3.05) is 26.3 Å². The first-order chi connectivity index (χ1) is 9.71. The fourth-order valence-electron chi connectivity index (χ4n) is 2.08. The Bertz CT molecular complexity index is 658. The maximum atomic E-state index is 5.42. The second-order valence-electron chi connectivity index (χ2n) is 4.38. The first-order valence-electron chi connectivity index (χ1n) is 6.22. The van der Waals surface area contributed by atoms with Crippen molar-refractivity contribution in [1.82, 2.24) is 9.97 Å². The number of hydrogen-bond donors (Lipinski definition) is 1. The van der Waals surface area contributed by atoms with Crippen molar-refractivity contribution in [3.63, 3.8) is 0 Å². The van der Waals surface area contributed by atoms with Crippen molar-refractivity contribution in [3.05, 3.63) is 23.9 Å². The third-order valence-electron chi connectivity index (χ3n) is 3.03. The number of methoxy groups -OCH3 is 1. The summed E-state index contributed by atoms with van der Waals surface area (Å²) in [6.45, 7) is 2.13. The average Bonchev–Trinajstić information content (AvgIpc) is 2.93. The van der Waals surface area contributed by atoms with E-state index in [2.05, 4.69) is 15.3 Å². The Labute approximate surface area is 116 Å². The van der Waals surface area contributed by atoms with Crippen LogP contribution in [0.2, 0.25) is 0 Å². The van der Waals surface area contributed by atoms with Gasteiger partial charge in [-0.15, -0.1) is 0 Å². The highest BCUT2D eigenvalue weighted by Crippen LogP contribution is 2.43. The number of ether oxygens (including phenoxy) is 3. The lowest BCUT2D eigenvalue weighted by molar-refractivity contribution is 0.171. The van der Waals surface area contributed by atoms with E-state index in [9.17, 15) is 0 Å². The third-order valence-corrected chi connectivity index (χ3v) is 3.03. The number of benzene rings is 1. The van der Waals surface area contributed by atoms with Crippen LogP contribution >= 0.6 is 0 Å². The largest absolute Gasteiger partial charge is 0.493 e. The Morgan fingerprint density at radius 2 is 2.05 bits per heavy atom. The molecule has 0 saturated carbocycles. The molecule has 1 aromatic carbocycles. The fraction of sp³-hybridized carbons (Fsp3) is 0.286. The van der Waals surface area contributed by atoms with Crippen molar-refractivity contribution in [3.8, 4) is 28.6 Å². The predicted octanol–water partition coefficient (Wildman–Crippen LogP) is 2.23. The first-order valence-corrected chi connectivity index (χ1v) is 6.22. The van der Waals surface area contributed by atoms with Crippen LogP contribution < -0.4 is 19.5 Å². The normalized spacial score (nSPS) is 12.3. The van der Waals surface area contributed by atoms with Gasteiger partial charge in [-0.1, -0.05) is 0 Å². The van der Waals surface area contributed by atoms with Gasteiger partial charge in [0.05, 0.1) is 7.11 Å². The zero-order valence-corrected chi connectivity index (χ0v) is 11.6. The number of aromatic nitrogens is 2. The summed E-state index contributed by atoms with van der Waals surface area (Å²) < 4.78 is 16.1. The Balaban J connectivity index is 2.13. The number of hydrogen-bond acceptors (Lipinski definition) is 6. The molecule has 104 valence electrons. The highest BCUT2D eigenvalue weighted by Gasteiger charge is 2.21. The van der Waals surface area contributed by atoms with E-state index in [1.165, 1.54) is 0 Å². The number of aryl methyl sites for hydroxylation is 1. The summed E-state index contributed by atoms with van der Waals surface area (Å²) in [6, 6.07) is 5.59. The molecule has 20 heavy (non-hydrogen) atoms. The molecule has 2 aromatic rings. The lowest BCUT2D eigenvalue weighted by Gasteiger charge is -2.09. The zero-order chi connectivity index (χ0) is 14.1. The molecule has 3 rings (SSSR count). The van der Waals surface area contributed by atoms with Crippen LogP contribution in [-0.2, 0) is 0 Å². The second kappa shape index (κ2) is 4.88. The number of anilines is 1. The summed E-state index contributed by atoms with van der Waals surface area (Å²) >= 11 is 0. The van der Waals surface area contributed by atoms with E-state index in [1.807, 2.05) is 32.2 Å². The summed E-state index contributed by atoms with van der Waals surface area (Å²) in [5.74, 6) is 3.27. The summed E-state index contributed by atoms with van der Waals surface area (Å²) in [5.41, 5.74) is 1.71. The van der Waals surface area contributed by atoms with Gasteiger partial charge in [-0.2, -0.15) is 0 Å². The molecule has 0 atom stereocenters. The van der Waals surface area contributed by atoms with E-state index in [0.717, 1.165) is 17.1 Å². The van der Waals surface area contributed by atoms with Crippen LogP contribution in [0.15, 0.2) is 18.2 Å². The summed E-state index contributed by atoms with van der Waals surface area (Å²) in [7, 11) is 3.42. The smallest absolute Gasteiger partial charge is 0.231 e. The maximum Gasteiger partial charge on any atom is 0.231 e. The lowest BCUT2D eigenvalue weighted by atomic mass is 10.1. The molecule has 0 amide bonds. The van der Waals surface area contributed by atoms with Crippen LogP contribution in [0.25, 0.3) is 11.4 Å². The van der Waals surface area contributed by atoms with Crippen LogP contribution in [0.4, 0.5) is 5.82 Å². The van der Waals surface area contributed by atoms with E-state index in [0.29, 0.717) is 23.1 Å². The first kappa shape index (κ1) is 12.5. The van der Waals surface area contributed by atoms with Crippen molar-refractivity contribution in [2.45, 2.75) is 6.92 Å². The number of fused-ring (bicyclic) bond motifs is 1. The van der Waals surface area contributed by atoms with E-state index in [1.54, 1.807) is 7.11 Å². The molecule has 0 unspecified atom stereocenters. The number of nitrogens with one attached hydrogen (secondary N) is 1. The van der Waals surface area contributed by atoms with Crippen LogP contribution in [0.5, 0.6) is 17.2 Å². The second-order valence-corrected chi connectivity index (χ2v) is 4.38. The molecule has 0 bridgehead atoms. The quantitative estimate of drug-likeness (QED) is 0.925. The molecular formula is C14H15N3O3. The Morgan fingerprint density at radius 3 is 2.80 bits per heavy atom. The van der Waals surface area contributed by atoms with Gasteiger partial charge in [-0.25, -0.2) is 9.97 Å². The van der Waals surface area contributed by atoms with Gasteiger partial charge in [0.2, 0.25) is 12.5 Å². The predicted molar refractivity (Wildman–Crippen MR) is 74.4 cm³/mol. The maximum absolute atomic E-state index is 5.42. The van der Waals surface area contributed by atoms with Gasteiger partial charge < -0.3 is 19.5 Å². The molecule has 6 nitrogen and oxygen atoms in total. The van der Waals surface area contributed by atoms with Gasteiger partial charge in [0.1, 0.15) is 5.82 Å². The van der Waals surface area contributed by atoms with E-state index < -0.39 is 0 Å². The standard InChI is InChI=1S/C14H15N3O3/c1-8-4-12(15-2)17-14(16-8)9-5-10(18-3)13-11(6-9)19-7-20-13/h4-6H,7H2,1-3H3,(H,15,16,17). The van der Waals surface area contributed by atoms with Crippen LogP contribution in [0, 0.1) is 6.92 Å². The number of rotatable bonds is 3. The molecule has 0 fully saturated rings. The fourth-order valence-corrected chi connectivity index (χ4v) is 2.08. The Hall–Kier alpha value is -2.50. The molecule has 1 N–H and O–H groups in total. The van der Waals surface area contributed by atoms with Gasteiger partial charge in [-0.3, -0.25) is 0 Å². The van der Waals surface area contributed by atoms with Gasteiger partial charge in [0.15, 0.2) is 17.3 Å². The number of nitrogens with zero attached hydrogens (tertiary/aromatic N) is 2. The minimum Gasteiger partial charge on any atom is -0.493 e. The third kappa shape index (κ3) is 2.09. The Morgan fingerprint density at radius 1 is 1.20 bits per heavy atom.